The molecular weight excluding hydrogens is 423 g/mol. The Morgan fingerprint density at radius 1 is 1.12 bits per heavy atom. The summed E-state index contributed by atoms with van der Waals surface area (Å²) in [7, 11) is 0. The van der Waals surface area contributed by atoms with Crippen LogP contribution in [0.5, 0.6) is 0 Å². The molecule has 2 N–H and O–H groups in total. The van der Waals surface area contributed by atoms with E-state index >= 15 is 0 Å². The third kappa shape index (κ3) is 4.36. The highest BCUT2D eigenvalue weighted by Gasteiger charge is 2.32. The number of carbonyl (C=O) groups excluding carboxylic acids is 1. The maximum Gasteiger partial charge on any atom is 0.433 e. The normalized spacial score (nSPS) is 11.5. The van der Waals surface area contributed by atoms with Gasteiger partial charge >= 0.3 is 6.18 Å². The molecule has 8 nitrogen and oxygen atoms in total. The van der Waals surface area contributed by atoms with Crippen LogP contribution >= 0.6 is 0 Å². The van der Waals surface area contributed by atoms with Gasteiger partial charge in [-0.15, -0.1) is 5.10 Å². The van der Waals surface area contributed by atoms with E-state index in [1.54, 1.807) is 24.4 Å². The average molecular weight is 441 g/mol. The number of carbonyl (C=O) groups is 1. The zero-order valence-corrected chi connectivity index (χ0v) is 16.9. The van der Waals surface area contributed by atoms with Gasteiger partial charge in [-0.3, -0.25) is 9.78 Å². The molecule has 0 spiro atoms. The Bertz CT molecular complexity index is 1270. The van der Waals surface area contributed by atoms with Crippen molar-refractivity contribution in [3.8, 4) is 11.5 Å². The summed E-state index contributed by atoms with van der Waals surface area (Å²) < 4.78 is 40.8. The van der Waals surface area contributed by atoms with Crippen LogP contribution in [-0.4, -0.2) is 37.0 Å². The summed E-state index contributed by atoms with van der Waals surface area (Å²) in [5.74, 6) is -0.00836. The fourth-order valence-electron chi connectivity index (χ4n) is 3.00. The molecule has 0 saturated heterocycles. The largest absolute Gasteiger partial charge is 0.433 e. The number of amides is 1. The van der Waals surface area contributed by atoms with Crippen molar-refractivity contribution in [2.45, 2.75) is 19.5 Å². The van der Waals surface area contributed by atoms with Crippen molar-refractivity contribution < 1.29 is 18.0 Å². The monoisotopic (exact) mass is 441 g/mol. The highest BCUT2D eigenvalue weighted by molar-refractivity contribution is 6.00. The van der Waals surface area contributed by atoms with E-state index in [-0.39, 0.29) is 17.4 Å². The van der Waals surface area contributed by atoms with Crippen LogP contribution < -0.4 is 10.6 Å². The van der Waals surface area contributed by atoms with Gasteiger partial charge in [0.2, 0.25) is 5.82 Å². The second-order valence-corrected chi connectivity index (χ2v) is 6.83. The van der Waals surface area contributed by atoms with Crippen LogP contribution in [0.25, 0.3) is 17.0 Å². The molecule has 0 aliphatic rings. The van der Waals surface area contributed by atoms with Gasteiger partial charge in [0.1, 0.15) is 16.9 Å². The number of pyridine rings is 2. The van der Waals surface area contributed by atoms with Gasteiger partial charge in [0.15, 0.2) is 5.82 Å². The lowest BCUT2D eigenvalue weighted by atomic mass is 10.2. The Kier molecular flexibility index (Phi) is 5.71. The molecule has 0 atom stereocenters. The molecule has 4 heterocycles. The smallest absolute Gasteiger partial charge is 0.352 e. The van der Waals surface area contributed by atoms with Crippen molar-refractivity contribution in [2.24, 2.45) is 0 Å². The Hall–Kier alpha value is -4.02. The summed E-state index contributed by atoms with van der Waals surface area (Å²) in [5, 5.41) is 10.2. The Labute approximate surface area is 180 Å². The van der Waals surface area contributed by atoms with Gasteiger partial charge in [0.25, 0.3) is 5.91 Å². The van der Waals surface area contributed by atoms with Crippen LogP contribution in [0.4, 0.5) is 24.7 Å². The summed E-state index contributed by atoms with van der Waals surface area (Å²) >= 11 is 0. The van der Waals surface area contributed by atoms with Gasteiger partial charge in [0.05, 0.1) is 11.3 Å². The third-order valence-corrected chi connectivity index (χ3v) is 4.51. The summed E-state index contributed by atoms with van der Waals surface area (Å²) in [6.07, 6.45) is 0.774. The molecule has 0 aliphatic heterocycles. The van der Waals surface area contributed by atoms with Crippen LogP contribution in [0.15, 0.2) is 55.0 Å². The second-order valence-electron chi connectivity index (χ2n) is 6.83. The van der Waals surface area contributed by atoms with Crippen molar-refractivity contribution in [3.63, 3.8) is 0 Å². The van der Waals surface area contributed by atoms with E-state index in [2.05, 4.69) is 30.7 Å². The first-order valence-electron chi connectivity index (χ1n) is 9.76. The van der Waals surface area contributed by atoms with Crippen molar-refractivity contribution in [3.05, 3.63) is 66.2 Å². The Morgan fingerprint density at radius 2 is 1.97 bits per heavy atom. The molecule has 32 heavy (non-hydrogen) atoms. The lowest BCUT2D eigenvalue weighted by Crippen LogP contribution is -2.25. The SMILES string of the molecule is CCCNC(=O)c1cnccc1Nc1nc(-c2cccc(C(F)(F)F)n2)nn2cccc12. The molecule has 164 valence electrons. The summed E-state index contributed by atoms with van der Waals surface area (Å²) in [5.41, 5.74) is 0.248. The number of alkyl halides is 3. The zero-order valence-electron chi connectivity index (χ0n) is 16.9. The van der Waals surface area contributed by atoms with Crippen LogP contribution in [0.2, 0.25) is 0 Å². The Balaban J connectivity index is 1.76. The minimum Gasteiger partial charge on any atom is -0.352 e. The van der Waals surface area contributed by atoms with Crippen LogP contribution in [0, 0.1) is 0 Å². The van der Waals surface area contributed by atoms with Gasteiger partial charge in [-0.2, -0.15) is 13.2 Å². The molecule has 4 aromatic rings. The maximum absolute atomic E-state index is 13.1. The van der Waals surface area contributed by atoms with E-state index in [0.29, 0.717) is 29.1 Å². The predicted molar refractivity (Wildman–Crippen MR) is 111 cm³/mol. The van der Waals surface area contributed by atoms with Crippen LogP contribution in [0.1, 0.15) is 29.4 Å². The number of hydrogen-bond acceptors (Lipinski definition) is 6. The fourth-order valence-corrected chi connectivity index (χ4v) is 3.00. The van der Waals surface area contributed by atoms with E-state index in [4.69, 9.17) is 0 Å². The number of nitrogens with zero attached hydrogens (tertiary/aromatic N) is 5. The van der Waals surface area contributed by atoms with Crippen molar-refractivity contribution in [1.29, 1.82) is 0 Å². The standard InChI is InChI=1S/C21H18F3N7O/c1-2-9-26-20(32)13-12-25-10-8-14(13)28-19-16-6-4-11-31(16)30-18(29-19)15-5-3-7-17(27-15)21(22,23)24/h3-8,10-12H,2,9H2,1H3,(H,26,32)(H,25,28,29,30). The van der Waals surface area contributed by atoms with Crippen molar-refractivity contribution in [1.82, 2.24) is 29.9 Å². The number of halogens is 3. The number of aromatic nitrogens is 5. The number of nitrogens with one attached hydrogen (secondary N) is 2. The molecule has 11 heteroatoms. The fraction of sp³-hybridized carbons (Fsp3) is 0.190. The first-order chi connectivity index (χ1) is 15.4. The third-order valence-electron chi connectivity index (χ3n) is 4.51. The molecule has 4 aromatic heterocycles. The molecule has 1 amide bonds. The number of fused-ring (bicyclic) bond motifs is 1. The first-order valence-corrected chi connectivity index (χ1v) is 9.76. The van der Waals surface area contributed by atoms with Gasteiger partial charge < -0.3 is 10.6 Å². The first kappa shape index (κ1) is 21.2. The predicted octanol–water partition coefficient (Wildman–Crippen LogP) is 4.09. The molecule has 0 unspecified atom stereocenters. The van der Waals surface area contributed by atoms with Gasteiger partial charge in [-0.25, -0.2) is 14.5 Å². The molecule has 0 saturated carbocycles. The molecule has 0 aromatic carbocycles. The van der Waals surface area contributed by atoms with Crippen molar-refractivity contribution in [2.75, 3.05) is 11.9 Å². The summed E-state index contributed by atoms with van der Waals surface area (Å²) in [4.78, 5) is 24.6. The van der Waals surface area contributed by atoms with E-state index in [1.807, 2.05) is 6.92 Å². The van der Waals surface area contributed by atoms with E-state index < -0.39 is 11.9 Å². The topological polar surface area (TPSA) is 97.1 Å². The molecule has 0 aliphatic carbocycles. The molecule has 0 radical (unpaired) electrons. The van der Waals surface area contributed by atoms with Gasteiger partial charge in [-0.05, 0) is 36.8 Å². The Morgan fingerprint density at radius 3 is 2.75 bits per heavy atom. The van der Waals surface area contributed by atoms with Gasteiger partial charge in [0, 0.05) is 25.1 Å². The van der Waals surface area contributed by atoms with E-state index in [1.165, 1.54) is 29.0 Å². The van der Waals surface area contributed by atoms with Crippen LogP contribution in [-0.2, 0) is 6.18 Å². The minimum atomic E-state index is -4.59. The lowest BCUT2D eigenvalue weighted by Gasteiger charge is -2.13. The molecule has 0 fully saturated rings. The van der Waals surface area contributed by atoms with Gasteiger partial charge in [-0.1, -0.05) is 13.0 Å². The quantitative estimate of drug-likeness (QED) is 0.468. The molecular formula is C21H18F3N7O. The summed E-state index contributed by atoms with van der Waals surface area (Å²) in [6, 6.07) is 8.61. The summed E-state index contributed by atoms with van der Waals surface area (Å²) in [6.45, 7) is 2.45. The molecule has 4 rings (SSSR count). The molecule has 0 bridgehead atoms. The second kappa shape index (κ2) is 8.61. The van der Waals surface area contributed by atoms with E-state index in [0.717, 1.165) is 12.5 Å². The lowest BCUT2D eigenvalue weighted by molar-refractivity contribution is -0.141. The zero-order chi connectivity index (χ0) is 22.7. The maximum atomic E-state index is 13.1. The number of rotatable bonds is 6. The highest BCUT2D eigenvalue weighted by Crippen LogP contribution is 2.30. The van der Waals surface area contributed by atoms with Crippen molar-refractivity contribution >= 4 is 22.9 Å². The number of anilines is 2. The highest BCUT2D eigenvalue weighted by atomic mass is 19.4. The average Bonchev–Trinajstić information content (AvgIpc) is 3.26. The van der Waals surface area contributed by atoms with Crippen LogP contribution in [0.3, 0.4) is 0 Å². The number of hydrogen-bond donors (Lipinski definition) is 2. The van der Waals surface area contributed by atoms with E-state index in [9.17, 15) is 18.0 Å². The minimum absolute atomic E-state index is 0.00617.